The quantitative estimate of drug-likeness (QED) is 0.789. The molecule has 1 saturated heterocycles. The fourth-order valence-corrected chi connectivity index (χ4v) is 3.13. The summed E-state index contributed by atoms with van der Waals surface area (Å²) >= 11 is 0. The molecule has 8 heteroatoms. The molecule has 8 nitrogen and oxygen atoms in total. The summed E-state index contributed by atoms with van der Waals surface area (Å²) in [5.74, 6) is 0.603. The van der Waals surface area contributed by atoms with E-state index in [1.165, 1.54) is 10.7 Å². The van der Waals surface area contributed by atoms with Gasteiger partial charge in [0.25, 0.3) is 5.56 Å². The smallest absolute Gasteiger partial charge is 0.269 e. The van der Waals surface area contributed by atoms with Crippen LogP contribution >= 0.6 is 0 Å². The van der Waals surface area contributed by atoms with E-state index in [0.29, 0.717) is 12.2 Å². The van der Waals surface area contributed by atoms with Crippen LogP contribution in [0, 0.1) is 0 Å². The molecule has 3 rings (SSSR count). The largest absolute Gasteiger partial charge is 0.468 e. The molecule has 0 aromatic carbocycles. The van der Waals surface area contributed by atoms with Crippen molar-refractivity contribution in [2.75, 3.05) is 38.6 Å². The fraction of sp³-hybridized carbons (Fsp3) is 0.500. The lowest BCUT2D eigenvalue weighted by Gasteiger charge is -2.26. The molecule has 1 fully saturated rings. The molecule has 1 amide bonds. The van der Waals surface area contributed by atoms with Crippen molar-refractivity contribution in [3.63, 3.8) is 0 Å². The molecule has 140 valence electrons. The van der Waals surface area contributed by atoms with Crippen LogP contribution in [-0.4, -0.2) is 54.3 Å². The summed E-state index contributed by atoms with van der Waals surface area (Å²) in [6.45, 7) is 2.33. The molecule has 1 N–H and O–H groups in total. The Labute approximate surface area is 152 Å². The summed E-state index contributed by atoms with van der Waals surface area (Å²) in [6.07, 6.45) is 5.53. The number of rotatable bonds is 7. The van der Waals surface area contributed by atoms with E-state index in [4.69, 9.17) is 4.42 Å². The Kier molecular flexibility index (Phi) is 5.72. The first kappa shape index (κ1) is 18.2. The molecule has 1 aliphatic heterocycles. The highest BCUT2D eigenvalue weighted by Gasteiger charge is 2.26. The standard InChI is InChI=1S/C18H25N5O3/c1-21(2)14-10-18(25)23(20-11-14)13-17(24)19-12-15(16-6-5-9-26-16)22-7-3-4-8-22/h5-6,9-11,15H,3-4,7-8,12-13H2,1-2H3,(H,19,24)/t15-/m0/s1. The second-order valence-electron chi connectivity index (χ2n) is 6.68. The molecule has 0 unspecified atom stereocenters. The van der Waals surface area contributed by atoms with Gasteiger partial charge in [-0.05, 0) is 38.1 Å². The molecule has 0 spiro atoms. The van der Waals surface area contributed by atoms with Gasteiger partial charge >= 0.3 is 0 Å². The molecule has 3 heterocycles. The summed E-state index contributed by atoms with van der Waals surface area (Å²) in [4.78, 5) is 28.5. The summed E-state index contributed by atoms with van der Waals surface area (Å²) in [6, 6.07) is 5.27. The SMILES string of the molecule is CN(C)c1cnn(CC(=O)NC[C@@H](c2ccco2)N2CCCC2)c(=O)c1. The van der Waals surface area contributed by atoms with E-state index in [1.54, 1.807) is 17.4 Å². The zero-order valence-electron chi connectivity index (χ0n) is 15.2. The Morgan fingerprint density at radius 2 is 2.15 bits per heavy atom. The fourth-order valence-electron chi connectivity index (χ4n) is 3.13. The highest BCUT2D eigenvalue weighted by Crippen LogP contribution is 2.24. The van der Waals surface area contributed by atoms with E-state index in [0.717, 1.165) is 31.7 Å². The number of nitrogens with one attached hydrogen (secondary N) is 1. The van der Waals surface area contributed by atoms with Gasteiger partial charge in [0.1, 0.15) is 12.3 Å². The number of anilines is 1. The van der Waals surface area contributed by atoms with E-state index in [2.05, 4.69) is 15.3 Å². The van der Waals surface area contributed by atoms with Crippen molar-refractivity contribution >= 4 is 11.6 Å². The van der Waals surface area contributed by atoms with Crippen molar-refractivity contribution in [1.82, 2.24) is 20.0 Å². The summed E-state index contributed by atoms with van der Waals surface area (Å²) in [5.41, 5.74) is 0.409. The van der Waals surface area contributed by atoms with Crippen LogP contribution in [0.25, 0.3) is 0 Å². The number of furan rings is 1. The number of carbonyl (C=O) groups is 1. The highest BCUT2D eigenvalue weighted by molar-refractivity contribution is 5.75. The van der Waals surface area contributed by atoms with Crippen molar-refractivity contribution in [3.8, 4) is 0 Å². The summed E-state index contributed by atoms with van der Waals surface area (Å²) in [7, 11) is 3.67. The second-order valence-corrected chi connectivity index (χ2v) is 6.68. The first-order valence-electron chi connectivity index (χ1n) is 8.83. The Morgan fingerprint density at radius 1 is 1.38 bits per heavy atom. The molecule has 26 heavy (non-hydrogen) atoms. The Hall–Kier alpha value is -2.61. The molecule has 0 saturated carbocycles. The molecule has 0 bridgehead atoms. The zero-order chi connectivity index (χ0) is 18.5. The molecular formula is C18H25N5O3. The first-order valence-corrected chi connectivity index (χ1v) is 8.83. The lowest BCUT2D eigenvalue weighted by atomic mass is 10.2. The van der Waals surface area contributed by atoms with Crippen LogP contribution < -0.4 is 15.8 Å². The van der Waals surface area contributed by atoms with Gasteiger partial charge in [-0.15, -0.1) is 0 Å². The monoisotopic (exact) mass is 359 g/mol. The molecule has 1 atom stereocenters. The third-order valence-corrected chi connectivity index (χ3v) is 4.61. The lowest BCUT2D eigenvalue weighted by Crippen LogP contribution is -2.39. The minimum atomic E-state index is -0.298. The lowest BCUT2D eigenvalue weighted by molar-refractivity contribution is -0.122. The summed E-state index contributed by atoms with van der Waals surface area (Å²) < 4.78 is 6.71. The predicted octanol–water partition coefficient (Wildman–Crippen LogP) is 0.856. The van der Waals surface area contributed by atoms with E-state index in [1.807, 2.05) is 26.2 Å². The second kappa shape index (κ2) is 8.18. The van der Waals surface area contributed by atoms with Crippen LogP contribution in [0.5, 0.6) is 0 Å². The third kappa shape index (κ3) is 4.32. The minimum Gasteiger partial charge on any atom is -0.468 e. The third-order valence-electron chi connectivity index (χ3n) is 4.61. The zero-order valence-corrected chi connectivity index (χ0v) is 15.2. The maximum absolute atomic E-state index is 12.3. The molecular weight excluding hydrogens is 334 g/mol. The van der Waals surface area contributed by atoms with Gasteiger partial charge in [-0.25, -0.2) is 4.68 Å². The topological polar surface area (TPSA) is 83.6 Å². The molecule has 2 aromatic rings. The average molecular weight is 359 g/mol. The number of carbonyl (C=O) groups excluding carboxylic acids is 1. The average Bonchev–Trinajstić information content (AvgIpc) is 3.31. The van der Waals surface area contributed by atoms with E-state index in [-0.39, 0.29) is 24.1 Å². The molecule has 2 aromatic heterocycles. The van der Waals surface area contributed by atoms with Crippen LogP contribution in [0.1, 0.15) is 24.6 Å². The number of nitrogens with zero attached hydrogens (tertiary/aromatic N) is 4. The van der Waals surface area contributed by atoms with Crippen LogP contribution in [-0.2, 0) is 11.3 Å². The number of hydrogen-bond donors (Lipinski definition) is 1. The number of amides is 1. The van der Waals surface area contributed by atoms with Crippen LogP contribution in [0.15, 0.2) is 39.9 Å². The van der Waals surface area contributed by atoms with Crippen LogP contribution in [0.2, 0.25) is 0 Å². The van der Waals surface area contributed by atoms with Gasteiger partial charge in [0.15, 0.2) is 0 Å². The van der Waals surface area contributed by atoms with Crippen LogP contribution in [0.3, 0.4) is 0 Å². The van der Waals surface area contributed by atoms with E-state index >= 15 is 0 Å². The van der Waals surface area contributed by atoms with Gasteiger partial charge in [-0.3, -0.25) is 14.5 Å². The predicted molar refractivity (Wildman–Crippen MR) is 98.1 cm³/mol. The van der Waals surface area contributed by atoms with Crippen molar-refractivity contribution in [1.29, 1.82) is 0 Å². The Balaban J connectivity index is 1.61. The maximum Gasteiger partial charge on any atom is 0.269 e. The molecule has 0 aliphatic carbocycles. The molecule has 0 radical (unpaired) electrons. The van der Waals surface area contributed by atoms with Crippen molar-refractivity contribution in [2.24, 2.45) is 0 Å². The van der Waals surface area contributed by atoms with Crippen LogP contribution in [0.4, 0.5) is 5.69 Å². The van der Waals surface area contributed by atoms with Gasteiger partial charge in [0, 0.05) is 26.7 Å². The van der Waals surface area contributed by atoms with Gasteiger partial charge in [-0.2, -0.15) is 5.10 Å². The highest BCUT2D eigenvalue weighted by atomic mass is 16.3. The number of hydrogen-bond acceptors (Lipinski definition) is 6. The summed E-state index contributed by atoms with van der Waals surface area (Å²) in [5, 5.41) is 6.98. The molecule has 1 aliphatic rings. The number of likely N-dealkylation sites (tertiary alicyclic amines) is 1. The minimum absolute atomic E-state index is 0.0113. The normalized spacial score (nSPS) is 15.8. The van der Waals surface area contributed by atoms with Crippen molar-refractivity contribution in [3.05, 3.63) is 46.8 Å². The Morgan fingerprint density at radius 3 is 2.77 bits per heavy atom. The van der Waals surface area contributed by atoms with Gasteiger partial charge in [0.05, 0.1) is 24.2 Å². The van der Waals surface area contributed by atoms with Crippen molar-refractivity contribution in [2.45, 2.75) is 25.4 Å². The van der Waals surface area contributed by atoms with E-state index in [9.17, 15) is 9.59 Å². The first-order chi connectivity index (χ1) is 12.5. The number of aromatic nitrogens is 2. The Bertz CT molecular complexity index is 778. The van der Waals surface area contributed by atoms with Gasteiger partial charge in [-0.1, -0.05) is 0 Å². The van der Waals surface area contributed by atoms with Crippen molar-refractivity contribution < 1.29 is 9.21 Å². The maximum atomic E-state index is 12.3. The van der Waals surface area contributed by atoms with E-state index < -0.39 is 0 Å². The van der Waals surface area contributed by atoms with Gasteiger partial charge < -0.3 is 14.6 Å². The van der Waals surface area contributed by atoms with Gasteiger partial charge in [0.2, 0.25) is 5.91 Å².